The molecule has 0 fully saturated rings. The second-order valence-electron chi connectivity index (χ2n) is 5.77. The Hall–Kier alpha value is -2.66. The van der Waals surface area contributed by atoms with Gasteiger partial charge in [0.1, 0.15) is 6.04 Å². The number of hydrogen-bond donors (Lipinski definition) is 3. The zero-order valence-corrected chi connectivity index (χ0v) is 12.6. The fourth-order valence-electron chi connectivity index (χ4n) is 2.73. The van der Waals surface area contributed by atoms with Crippen molar-refractivity contribution in [1.82, 2.24) is 0 Å². The molecule has 1 aliphatic rings. The number of rotatable bonds is 4. The van der Waals surface area contributed by atoms with Crippen LogP contribution in [0.4, 0.5) is 5.69 Å². The van der Waals surface area contributed by atoms with E-state index in [1.807, 2.05) is 42.5 Å². The Balaban J connectivity index is 1.81. The summed E-state index contributed by atoms with van der Waals surface area (Å²) in [5.74, 6) is -0.952. The molecule has 0 radical (unpaired) electrons. The molecule has 0 spiro atoms. The van der Waals surface area contributed by atoms with E-state index in [4.69, 9.17) is 10.8 Å². The summed E-state index contributed by atoms with van der Waals surface area (Å²) in [6.45, 7) is 0. The Bertz CT molecular complexity index is 753. The van der Waals surface area contributed by atoms with Gasteiger partial charge in [-0.1, -0.05) is 36.4 Å². The van der Waals surface area contributed by atoms with E-state index in [1.54, 1.807) is 0 Å². The number of benzene rings is 2. The van der Waals surface area contributed by atoms with E-state index in [9.17, 15) is 9.59 Å². The minimum Gasteiger partial charge on any atom is -0.480 e. The number of nitrogens with one attached hydrogen (secondary N) is 1. The topological polar surface area (TPSA) is 92.4 Å². The number of anilines is 1. The van der Waals surface area contributed by atoms with Gasteiger partial charge in [-0.3, -0.25) is 9.59 Å². The molecule has 1 aliphatic heterocycles. The SMILES string of the molecule is N[C@@H](Cc1ccc(-c2ccc3c(c2)NC(=O)CC3)cc1)C(=O)O. The van der Waals surface area contributed by atoms with E-state index >= 15 is 0 Å². The number of hydrogen-bond acceptors (Lipinski definition) is 3. The van der Waals surface area contributed by atoms with Crippen LogP contribution in [0, 0.1) is 0 Å². The molecule has 2 aromatic rings. The van der Waals surface area contributed by atoms with Gasteiger partial charge >= 0.3 is 5.97 Å². The Kier molecular flexibility index (Phi) is 4.12. The lowest BCUT2D eigenvalue weighted by Crippen LogP contribution is -2.32. The van der Waals surface area contributed by atoms with Crippen LogP contribution in [0.25, 0.3) is 11.1 Å². The normalized spacial score (nSPS) is 14.7. The van der Waals surface area contributed by atoms with Crippen LogP contribution >= 0.6 is 0 Å². The maximum Gasteiger partial charge on any atom is 0.320 e. The highest BCUT2D eigenvalue weighted by atomic mass is 16.4. The van der Waals surface area contributed by atoms with E-state index < -0.39 is 12.0 Å². The van der Waals surface area contributed by atoms with Crippen LogP contribution in [-0.4, -0.2) is 23.0 Å². The monoisotopic (exact) mass is 310 g/mol. The third-order valence-corrected chi connectivity index (χ3v) is 4.07. The van der Waals surface area contributed by atoms with Crippen molar-refractivity contribution in [2.24, 2.45) is 5.73 Å². The summed E-state index contributed by atoms with van der Waals surface area (Å²) in [7, 11) is 0. The second-order valence-corrected chi connectivity index (χ2v) is 5.77. The molecule has 0 unspecified atom stereocenters. The molecule has 5 nitrogen and oxygen atoms in total. The first-order valence-corrected chi connectivity index (χ1v) is 7.53. The van der Waals surface area contributed by atoms with Gasteiger partial charge in [0, 0.05) is 12.1 Å². The van der Waals surface area contributed by atoms with Crippen molar-refractivity contribution in [2.75, 3.05) is 5.32 Å². The van der Waals surface area contributed by atoms with Crippen molar-refractivity contribution in [1.29, 1.82) is 0 Å². The zero-order valence-electron chi connectivity index (χ0n) is 12.6. The van der Waals surface area contributed by atoms with Crippen LogP contribution in [0.3, 0.4) is 0 Å². The quantitative estimate of drug-likeness (QED) is 0.807. The fourth-order valence-corrected chi connectivity index (χ4v) is 2.73. The molecule has 0 saturated carbocycles. The number of carboxylic acid groups (broad SMARTS) is 1. The molecule has 0 aromatic heterocycles. The van der Waals surface area contributed by atoms with Gasteiger partial charge in [-0.2, -0.15) is 0 Å². The smallest absolute Gasteiger partial charge is 0.320 e. The number of fused-ring (bicyclic) bond motifs is 1. The number of amides is 1. The van der Waals surface area contributed by atoms with Crippen molar-refractivity contribution >= 4 is 17.6 Å². The van der Waals surface area contributed by atoms with Crippen molar-refractivity contribution in [2.45, 2.75) is 25.3 Å². The van der Waals surface area contributed by atoms with Crippen molar-refractivity contribution in [3.63, 3.8) is 0 Å². The standard InChI is InChI=1S/C18H18N2O3/c19-15(18(22)23)9-11-1-3-12(4-2-11)14-6-5-13-7-8-17(21)20-16(13)10-14/h1-6,10,15H,7-9,19H2,(H,20,21)(H,22,23)/t15-/m0/s1. The summed E-state index contributed by atoms with van der Waals surface area (Å²) < 4.78 is 0. The molecule has 5 heteroatoms. The Labute approximate surface area is 134 Å². The summed E-state index contributed by atoms with van der Waals surface area (Å²) in [6, 6.07) is 12.8. The third-order valence-electron chi connectivity index (χ3n) is 4.07. The lowest BCUT2D eigenvalue weighted by Gasteiger charge is -2.17. The van der Waals surface area contributed by atoms with Crippen LogP contribution in [0.15, 0.2) is 42.5 Å². The highest BCUT2D eigenvalue weighted by Crippen LogP contribution is 2.29. The maximum atomic E-state index is 11.5. The molecular weight excluding hydrogens is 292 g/mol. The van der Waals surface area contributed by atoms with Crippen LogP contribution in [0.5, 0.6) is 0 Å². The third kappa shape index (κ3) is 3.40. The number of carbonyl (C=O) groups excluding carboxylic acids is 1. The Morgan fingerprint density at radius 1 is 1.13 bits per heavy atom. The van der Waals surface area contributed by atoms with E-state index in [1.165, 1.54) is 0 Å². The van der Waals surface area contributed by atoms with Crippen LogP contribution in [-0.2, 0) is 22.4 Å². The molecule has 4 N–H and O–H groups in total. The van der Waals surface area contributed by atoms with Gasteiger partial charge < -0.3 is 16.2 Å². The lowest BCUT2D eigenvalue weighted by molar-refractivity contribution is -0.138. The first-order chi connectivity index (χ1) is 11.0. The van der Waals surface area contributed by atoms with Crippen molar-refractivity contribution < 1.29 is 14.7 Å². The molecule has 0 saturated heterocycles. The molecule has 2 aromatic carbocycles. The van der Waals surface area contributed by atoms with Gasteiger partial charge in [-0.05, 0) is 41.2 Å². The van der Waals surface area contributed by atoms with E-state index in [2.05, 4.69) is 5.32 Å². The summed E-state index contributed by atoms with van der Waals surface area (Å²) in [4.78, 5) is 22.3. The minimum absolute atomic E-state index is 0.0488. The number of nitrogens with two attached hydrogens (primary N) is 1. The van der Waals surface area contributed by atoms with Gasteiger partial charge in [0.05, 0.1) is 0 Å². The highest BCUT2D eigenvalue weighted by molar-refractivity contribution is 5.94. The Morgan fingerprint density at radius 2 is 1.83 bits per heavy atom. The summed E-state index contributed by atoms with van der Waals surface area (Å²) >= 11 is 0. The first kappa shape index (κ1) is 15.2. The zero-order chi connectivity index (χ0) is 16.4. The fraction of sp³-hybridized carbons (Fsp3) is 0.222. The molecule has 1 heterocycles. The summed E-state index contributed by atoms with van der Waals surface area (Å²) in [5.41, 5.74) is 10.5. The maximum absolute atomic E-state index is 11.5. The summed E-state index contributed by atoms with van der Waals surface area (Å²) in [5, 5.41) is 11.7. The minimum atomic E-state index is -1.00. The second kappa shape index (κ2) is 6.22. The number of aryl methyl sites for hydroxylation is 1. The predicted octanol–water partition coefficient (Wildman–Crippen LogP) is 2.19. The van der Waals surface area contributed by atoms with Gasteiger partial charge in [0.2, 0.25) is 5.91 Å². The Morgan fingerprint density at radius 3 is 2.52 bits per heavy atom. The number of aliphatic carboxylic acids is 1. The van der Waals surface area contributed by atoms with Gasteiger partial charge in [-0.15, -0.1) is 0 Å². The molecule has 1 atom stereocenters. The molecule has 0 bridgehead atoms. The first-order valence-electron chi connectivity index (χ1n) is 7.53. The molecule has 3 rings (SSSR count). The average molecular weight is 310 g/mol. The molecular formula is C18H18N2O3. The van der Waals surface area contributed by atoms with Gasteiger partial charge in [0.15, 0.2) is 0 Å². The lowest BCUT2D eigenvalue weighted by atomic mass is 9.96. The average Bonchev–Trinajstić information content (AvgIpc) is 2.54. The van der Waals surface area contributed by atoms with Crippen LogP contribution in [0.1, 0.15) is 17.5 Å². The van der Waals surface area contributed by atoms with Crippen molar-refractivity contribution in [3.05, 3.63) is 53.6 Å². The van der Waals surface area contributed by atoms with Crippen LogP contribution in [0.2, 0.25) is 0 Å². The van der Waals surface area contributed by atoms with Crippen molar-refractivity contribution in [3.8, 4) is 11.1 Å². The van der Waals surface area contributed by atoms with Gasteiger partial charge in [-0.25, -0.2) is 0 Å². The highest BCUT2D eigenvalue weighted by Gasteiger charge is 2.15. The molecule has 0 aliphatic carbocycles. The molecule has 23 heavy (non-hydrogen) atoms. The van der Waals surface area contributed by atoms with E-state index in [0.717, 1.165) is 34.4 Å². The molecule has 118 valence electrons. The van der Waals surface area contributed by atoms with Crippen LogP contribution < -0.4 is 11.1 Å². The number of carboxylic acids is 1. The largest absolute Gasteiger partial charge is 0.480 e. The van der Waals surface area contributed by atoms with Gasteiger partial charge in [0.25, 0.3) is 0 Å². The predicted molar refractivity (Wildman–Crippen MR) is 88.1 cm³/mol. The molecule has 1 amide bonds. The van der Waals surface area contributed by atoms with E-state index in [0.29, 0.717) is 12.8 Å². The number of carbonyl (C=O) groups is 2. The summed E-state index contributed by atoms with van der Waals surface area (Å²) in [6.07, 6.45) is 1.61. The van der Waals surface area contributed by atoms with E-state index in [-0.39, 0.29) is 5.91 Å².